The number of nitrogens with two attached hydrogens (primary N) is 1. The van der Waals surface area contributed by atoms with Crippen LogP contribution in [0.1, 0.15) is 13.3 Å². The summed E-state index contributed by atoms with van der Waals surface area (Å²) in [4.78, 5) is 15.3. The molecule has 0 saturated heterocycles. The highest BCUT2D eigenvalue weighted by Crippen LogP contribution is 2.23. The number of primary amides is 1. The Kier molecular flexibility index (Phi) is 4.55. The first-order chi connectivity index (χ1) is 9.69. The Morgan fingerprint density at radius 2 is 2.20 bits per heavy atom. The van der Waals surface area contributed by atoms with Gasteiger partial charge in [0.1, 0.15) is 11.8 Å². The van der Waals surface area contributed by atoms with Gasteiger partial charge in [-0.15, -0.1) is 0 Å². The van der Waals surface area contributed by atoms with E-state index in [4.69, 9.17) is 10.5 Å². The van der Waals surface area contributed by atoms with Gasteiger partial charge in [0.2, 0.25) is 11.8 Å². The van der Waals surface area contributed by atoms with E-state index in [0.29, 0.717) is 18.1 Å². The van der Waals surface area contributed by atoms with Gasteiger partial charge >= 0.3 is 0 Å². The lowest BCUT2D eigenvalue weighted by molar-refractivity contribution is -0.118. The number of aromatic nitrogens is 1. The van der Waals surface area contributed by atoms with E-state index in [-0.39, 0.29) is 11.9 Å². The molecule has 2 aromatic rings. The number of nitrogens with zero attached hydrogens (tertiary/aromatic N) is 1. The van der Waals surface area contributed by atoms with Crippen molar-refractivity contribution in [3.05, 3.63) is 48.7 Å². The second-order valence-corrected chi connectivity index (χ2v) is 4.31. The van der Waals surface area contributed by atoms with Gasteiger partial charge in [-0.05, 0) is 24.6 Å². The number of carbonyl (C=O) groups excluding carboxylic acids is 1. The molecule has 1 amide bonds. The summed E-state index contributed by atoms with van der Waals surface area (Å²) in [6, 6.07) is 12.4. The van der Waals surface area contributed by atoms with Gasteiger partial charge in [-0.25, -0.2) is 4.98 Å². The second kappa shape index (κ2) is 6.56. The number of pyridine rings is 1. The third kappa shape index (κ3) is 3.71. The molecule has 0 unspecified atom stereocenters. The molecule has 0 radical (unpaired) electrons. The predicted molar refractivity (Wildman–Crippen MR) is 77.6 cm³/mol. The van der Waals surface area contributed by atoms with Crippen LogP contribution in [0, 0.1) is 0 Å². The quantitative estimate of drug-likeness (QED) is 0.846. The Morgan fingerprint density at radius 3 is 2.85 bits per heavy atom. The van der Waals surface area contributed by atoms with E-state index in [1.807, 2.05) is 37.3 Å². The molecule has 0 aliphatic carbocycles. The summed E-state index contributed by atoms with van der Waals surface area (Å²) in [5.41, 5.74) is 6.10. The molecule has 0 bridgehead atoms. The van der Waals surface area contributed by atoms with Crippen LogP contribution in [0.25, 0.3) is 0 Å². The average Bonchev–Trinajstić information content (AvgIpc) is 2.46. The highest BCUT2D eigenvalue weighted by molar-refractivity contribution is 5.82. The number of anilines is 1. The van der Waals surface area contributed by atoms with Crippen molar-refractivity contribution >= 4 is 11.6 Å². The van der Waals surface area contributed by atoms with E-state index in [2.05, 4.69) is 10.3 Å². The zero-order valence-electron chi connectivity index (χ0n) is 11.2. The molecule has 1 aromatic carbocycles. The molecular weight excluding hydrogens is 254 g/mol. The smallest absolute Gasteiger partial charge is 0.239 e. The fourth-order valence-corrected chi connectivity index (χ4v) is 1.75. The van der Waals surface area contributed by atoms with Gasteiger partial charge in [-0.1, -0.05) is 19.1 Å². The van der Waals surface area contributed by atoms with Gasteiger partial charge < -0.3 is 15.8 Å². The Balaban J connectivity index is 2.10. The van der Waals surface area contributed by atoms with Crippen LogP contribution in [0.4, 0.5) is 5.69 Å². The summed E-state index contributed by atoms with van der Waals surface area (Å²) in [5, 5.41) is 3.08. The van der Waals surface area contributed by atoms with Crippen molar-refractivity contribution in [3.63, 3.8) is 0 Å². The highest BCUT2D eigenvalue weighted by Gasteiger charge is 2.12. The lowest BCUT2D eigenvalue weighted by atomic mass is 10.2. The normalized spacial score (nSPS) is 11.7. The third-order valence-electron chi connectivity index (χ3n) is 2.79. The highest BCUT2D eigenvalue weighted by atomic mass is 16.5. The van der Waals surface area contributed by atoms with E-state index < -0.39 is 0 Å². The van der Waals surface area contributed by atoms with E-state index in [1.54, 1.807) is 18.3 Å². The van der Waals surface area contributed by atoms with Crippen molar-refractivity contribution < 1.29 is 9.53 Å². The summed E-state index contributed by atoms with van der Waals surface area (Å²) >= 11 is 0. The summed E-state index contributed by atoms with van der Waals surface area (Å²) < 4.78 is 5.63. The molecule has 0 saturated carbocycles. The predicted octanol–water partition coefficient (Wildman–Crippen LogP) is 2.55. The van der Waals surface area contributed by atoms with Crippen LogP contribution in [0.2, 0.25) is 0 Å². The van der Waals surface area contributed by atoms with Crippen LogP contribution in [0.15, 0.2) is 48.7 Å². The molecule has 0 aliphatic rings. The number of carbonyl (C=O) groups is 1. The first-order valence-corrected chi connectivity index (χ1v) is 6.44. The van der Waals surface area contributed by atoms with Gasteiger partial charge in [0.25, 0.3) is 0 Å². The topological polar surface area (TPSA) is 77.2 Å². The molecule has 0 spiro atoms. The van der Waals surface area contributed by atoms with Gasteiger partial charge in [-0.2, -0.15) is 0 Å². The van der Waals surface area contributed by atoms with Crippen LogP contribution in [0.5, 0.6) is 11.6 Å². The third-order valence-corrected chi connectivity index (χ3v) is 2.79. The number of amides is 1. The number of benzene rings is 1. The maximum atomic E-state index is 11.2. The Labute approximate surface area is 117 Å². The lowest BCUT2D eigenvalue weighted by Gasteiger charge is -2.15. The zero-order valence-corrected chi connectivity index (χ0v) is 11.2. The summed E-state index contributed by atoms with van der Waals surface area (Å²) in [7, 11) is 0. The Hall–Kier alpha value is -2.56. The van der Waals surface area contributed by atoms with E-state index in [0.717, 1.165) is 5.69 Å². The fourth-order valence-electron chi connectivity index (χ4n) is 1.75. The minimum absolute atomic E-state index is 0.372. The van der Waals surface area contributed by atoms with Crippen LogP contribution in [-0.4, -0.2) is 16.9 Å². The number of ether oxygens (including phenoxy) is 1. The van der Waals surface area contributed by atoms with E-state index >= 15 is 0 Å². The van der Waals surface area contributed by atoms with Crippen molar-refractivity contribution in [3.8, 4) is 11.6 Å². The average molecular weight is 271 g/mol. The van der Waals surface area contributed by atoms with Crippen molar-refractivity contribution in [1.82, 2.24) is 4.98 Å². The monoisotopic (exact) mass is 271 g/mol. The van der Waals surface area contributed by atoms with Crippen molar-refractivity contribution in [2.45, 2.75) is 19.4 Å². The van der Waals surface area contributed by atoms with Gasteiger partial charge in [0.05, 0.1) is 0 Å². The van der Waals surface area contributed by atoms with Gasteiger partial charge in [0.15, 0.2) is 0 Å². The minimum atomic E-state index is -0.389. The summed E-state index contributed by atoms with van der Waals surface area (Å²) in [6.07, 6.45) is 2.29. The standard InChI is InChI=1S/C15H17N3O2/c1-2-13(15(16)19)18-11-6-5-7-12(10-11)20-14-8-3-4-9-17-14/h3-10,13,18H,2H2,1H3,(H2,16,19)/t13-/m1/s1. The Morgan fingerprint density at radius 1 is 1.35 bits per heavy atom. The van der Waals surface area contributed by atoms with E-state index in [9.17, 15) is 4.79 Å². The molecule has 0 aliphatic heterocycles. The number of nitrogens with one attached hydrogen (secondary N) is 1. The van der Waals surface area contributed by atoms with Crippen molar-refractivity contribution in [1.29, 1.82) is 0 Å². The summed E-state index contributed by atoms with van der Waals surface area (Å²) in [5.74, 6) is 0.795. The molecule has 0 fully saturated rings. The first-order valence-electron chi connectivity index (χ1n) is 6.44. The van der Waals surface area contributed by atoms with Crippen LogP contribution < -0.4 is 15.8 Å². The Bertz CT molecular complexity index is 572. The number of hydrogen-bond donors (Lipinski definition) is 2. The van der Waals surface area contributed by atoms with Crippen molar-refractivity contribution in [2.75, 3.05) is 5.32 Å². The molecule has 3 N–H and O–H groups in total. The molecule has 104 valence electrons. The molecule has 5 heteroatoms. The van der Waals surface area contributed by atoms with Crippen LogP contribution in [0.3, 0.4) is 0 Å². The number of rotatable bonds is 6. The summed E-state index contributed by atoms with van der Waals surface area (Å²) in [6.45, 7) is 1.90. The SMILES string of the molecule is CC[C@@H](Nc1cccc(Oc2ccccn2)c1)C(N)=O. The molecule has 20 heavy (non-hydrogen) atoms. The molecule has 2 rings (SSSR count). The van der Waals surface area contributed by atoms with Gasteiger partial charge in [0, 0.05) is 24.0 Å². The molecule has 5 nitrogen and oxygen atoms in total. The molecule has 1 atom stereocenters. The molecule has 1 aromatic heterocycles. The van der Waals surface area contributed by atoms with E-state index in [1.165, 1.54) is 0 Å². The van der Waals surface area contributed by atoms with Gasteiger partial charge in [-0.3, -0.25) is 4.79 Å². The molecular formula is C15H17N3O2. The minimum Gasteiger partial charge on any atom is -0.439 e. The number of hydrogen-bond acceptors (Lipinski definition) is 4. The van der Waals surface area contributed by atoms with Crippen molar-refractivity contribution in [2.24, 2.45) is 5.73 Å². The zero-order chi connectivity index (χ0) is 14.4. The lowest BCUT2D eigenvalue weighted by Crippen LogP contribution is -2.34. The second-order valence-electron chi connectivity index (χ2n) is 4.31. The first kappa shape index (κ1) is 13.9. The van der Waals surface area contributed by atoms with Crippen LogP contribution >= 0.6 is 0 Å². The molecule has 1 heterocycles. The maximum absolute atomic E-state index is 11.2. The maximum Gasteiger partial charge on any atom is 0.239 e. The fraction of sp³-hybridized carbons (Fsp3) is 0.200. The van der Waals surface area contributed by atoms with Crippen LogP contribution in [-0.2, 0) is 4.79 Å². The largest absolute Gasteiger partial charge is 0.439 e.